The molecule has 1 aromatic carbocycles. The SMILES string of the molecule is O=c1[nH]cc(O)n1C1CC1c1ccc(-c2cccc(F)c2F)nc1. The highest BCUT2D eigenvalue weighted by Crippen LogP contribution is 2.51. The number of aromatic hydroxyl groups is 1. The number of aromatic nitrogens is 3. The Hall–Kier alpha value is -2.96. The van der Waals surface area contributed by atoms with Gasteiger partial charge in [-0.05, 0) is 30.2 Å². The monoisotopic (exact) mass is 329 g/mol. The minimum Gasteiger partial charge on any atom is -0.493 e. The normalized spacial score (nSPS) is 19.4. The first-order valence-corrected chi connectivity index (χ1v) is 7.45. The molecule has 2 N–H and O–H groups in total. The Morgan fingerprint density at radius 1 is 1.25 bits per heavy atom. The second kappa shape index (κ2) is 5.30. The van der Waals surface area contributed by atoms with Gasteiger partial charge >= 0.3 is 5.69 Å². The van der Waals surface area contributed by atoms with Crippen molar-refractivity contribution < 1.29 is 13.9 Å². The molecule has 0 saturated heterocycles. The van der Waals surface area contributed by atoms with Gasteiger partial charge in [-0.25, -0.2) is 13.6 Å². The average Bonchev–Trinajstić information content (AvgIpc) is 3.29. The molecular weight excluding hydrogens is 316 g/mol. The highest BCUT2D eigenvalue weighted by Gasteiger charge is 2.42. The van der Waals surface area contributed by atoms with Crippen LogP contribution in [0.4, 0.5) is 8.78 Å². The van der Waals surface area contributed by atoms with E-state index in [-0.39, 0.29) is 29.1 Å². The molecule has 0 aliphatic heterocycles. The van der Waals surface area contributed by atoms with Gasteiger partial charge in [0, 0.05) is 23.7 Å². The lowest BCUT2D eigenvalue weighted by molar-refractivity contribution is 0.413. The zero-order chi connectivity index (χ0) is 16.8. The zero-order valence-electron chi connectivity index (χ0n) is 12.4. The van der Waals surface area contributed by atoms with Crippen molar-refractivity contribution in [1.29, 1.82) is 0 Å². The van der Waals surface area contributed by atoms with E-state index in [1.807, 2.05) is 0 Å². The van der Waals surface area contributed by atoms with Crippen LogP contribution in [-0.2, 0) is 0 Å². The summed E-state index contributed by atoms with van der Waals surface area (Å²) >= 11 is 0. The van der Waals surface area contributed by atoms with Crippen LogP contribution in [0.15, 0.2) is 47.5 Å². The second-order valence-corrected chi connectivity index (χ2v) is 5.81. The van der Waals surface area contributed by atoms with E-state index in [4.69, 9.17) is 0 Å². The number of imidazole rings is 1. The van der Waals surface area contributed by atoms with Crippen molar-refractivity contribution in [3.05, 3.63) is 70.4 Å². The molecule has 2 unspecified atom stereocenters. The fraction of sp³-hybridized carbons (Fsp3) is 0.176. The van der Waals surface area contributed by atoms with Gasteiger partial charge in [0.2, 0.25) is 5.88 Å². The van der Waals surface area contributed by atoms with Crippen molar-refractivity contribution in [1.82, 2.24) is 14.5 Å². The van der Waals surface area contributed by atoms with Gasteiger partial charge in [-0.1, -0.05) is 12.1 Å². The van der Waals surface area contributed by atoms with Crippen molar-refractivity contribution >= 4 is 0 Å². The topological polar surface area (TPSA) is 70.9 Å². The predicted molar refractivity (Wildman–Crippen MR) is 82.7 cm³/mol. The van der Waals surface area contributed by atoms with E-state index in [9.17, 15) is 18.7 Å². The van der Waals surface area contributed by atoms with Crippen molar-refractivity contribution in [3.8, 4) is 17.1 Å². The molecule has 1 saturated carbocycles. The summed E-state index contributed by atoms with van der Waals surface area (Å²) in [4.78, 5) is 18.3. The van der Waals surface area contributed by atoms with Crippen LogP contribution in [0.1, 0.15) is 23.9 Å². The lowest BCUT2D eigenvalue weighted by Gasteiger charge is -2.06. The second-order valence-electron chi connectivity index (χ2n) is 5.81. The highest BCUT2D eigenvalue weighted by atomic mass is 19.2. The molecule has 1 fully saturated rings. The third-order valence-corrected chi connectivity index (χ3v) is 4.32. The third kappa shape index (κ3) is 2.29. The lowest BCUT2D eigenvalue weighted by Crippen LogP contribution is -2.15. The van der Waals surface area contributed by atoms with Crippen LogP contribution in [0.25, 0.3) is 11.3 Å². The van der Waals surface area contributed by atoms with Gasteiger partial charge in [-0.3, -0.25) is 9.55 Å². The molecule has 7 heteroatoms. The Balaban J connectivity index is 1.60. The molecule has 0 bridgehead atoms. The molecule has 5 nitrogen and oxygen atoms in total. The first-order chi connectivity index (χ1) is 11.6. The van der Waals surface area contributed by atoms with Crippen LogP contribution in [0.5, 0.6) is 5.88 Å². The Morgan fingerprint density at radius 3 is 2.75 bits per heavy atom. The van der Waals surface area contributed by atoms with Gasteiger partial charge in [-0.15, -0.1) is 0 Å². The molecule has 0 amide bonds. The van der Waals surface area contributed by atoms with Crippen LogP contribution in [0, 0.1) is 11.6 Å². The lowest BCUT2D eigenvalue weighted by atomic mass is 10.1. The summed E-state index contributed by atoms with van der Waals surface area (Å²) < 4.78 is 28.4. The number of benzene rings is 1. The fourth-order valence-electron chi connectivity index (χ4n) is 3.00. The molecule has 4 rings (SSSR count). The Labute approximate surface area is 135 Å². The number of pyridine rings is 1. The largest absolute Gasteiger partial charge is 0.493 e. The summed E-state index contributed by atoms with van der Waals surface area (Å²) in [5.74, 6) is -1.88. The van der Waals surface area contributed by atoms with Gasteiger partial charge in [0.05, 0.1) is 11.9 Å². The van der Waals surface area contributed by atoms with E-state index in [1.54, 1.807) is 18.3 Å². The van der Waals surface area contributed by atoms with Gasteiger partial charge in [0.25, 0.3) is 0 Å². The summed E-state index contributed by atoms with van der Waals surface area (Å²) in [5, 5.41) is 9.69. The fourth-order valence-corrected chi connectivity index (χ4v) is 3.00. The van der Waals surface area contributed by atoms with Crippen molar-refractivity contribution in [2.45, 2.75) is 18.4 Å². The summed E-state index contributed by atoms with van der Waals surface area (Å²) in [6.07, 6.45) is 3.56. The smallest absolute Gasteiger partial charge is 0.328 e. The Kier molecular flexibility index (Phi) is 3.23. The summed E-state index contributed by atoms with van der Waals surface area (Å²) in [5.41, 5.74) is 0.975. The van der Waals surface area contributed by atoms with Gasteiger partial charge in [0.1, 0.15) is 0 Å². The van der Waals surface area contributed by atoms with Crippen LogP contribution in [0.3, 0.4) is 0 Å². The van der Waals surface area contributed by atoms with Crippen LogP contribution in [0.2, 0.25) is 0 Å². The zero-order valence-corrected chi connectivity index (χ0v) is 12.4. The number of hydrogen-bond donors (Lipinski definition) is 2. The molecule has 0 spiro atoms. The molecule has 1 aliphatic carbocycles. The standard InChI is InChI=1S/C17H13F2N3O2/c18-12-3-1-2-10(16(12)19)13-5-4-9(7-20-13)11-6-14(11)22-15(23)8-21-17(22)24/h1-5,7-8,11,14,23H,6H2,(H,21,24). The van der Waals surface area contributed by atoms with Gasteiger partial charge in [-0.2, -0.15) is 0 Å². The number of halogens is 2. The van der Waals surface area contributed by atoms with E-state index in [1.165, 1.54) is 22.9 Å². The van der Waals surface area contributed by atoms with E-state index in [0.717, 1.165) is 11.6 Å². The van der Waals surface area contributed by atoms with E-state index in [2.05, 4.69) is 9.97 Å². The molecule has 122 valence electrons. The number of hydrogen-bond acceptors (Lipinski definition) is 3. The Bertz CT molecular complexity index is 963. The third-order valence-electron chi connectivity index (χ3n) is 4.32. The average molecular weight is 329 g/mol. The van der Waals surface area contributed by atoms with Gasteiger partial charge in [0.15, 0.2) is 11.6 Å². The number of nitrogens with one attached hydrogen (secondary N) is 1. The molecule has 2 heterocycles. The maximum absolute atomic E-state index is 13.8. The first-order valence-electron chi connectivity index (χ1n) is 7.45. The molecule has 2 aromatic heterocycles. The number of aromatic amines is 1. The van der Waals surface area contributed by atoms with Crippen molar-refractivity contribution in [2.24, 2.45) is 0 Å². The van der Waals surface area contributed by atoms with E-state index >= 15 is 0 Å². The van der Waals surface area contributed by atoms with Crippen molar-refractivity contribution in [3.63, 3.8) is 0 Å². The first kappa shape index (κ1) is 14.6. The summed E-state index contributed by atoms with van der Waals surface area (Å²) in [6, 6.07) is 7.25. The van der Waals surface area contributed by atoms with Crippen LogP contribution in [-0.4, -0.2) is 19.6 Å². The number of nitrogens with zero attached hydrogens (tertiary/aromatic N) is 2. The van der Waals surface area contributed by atoms with Gasteiger partial charge < -0.3 is 10.1 Å². The van der Waals surface area contributed by atoms with Crippen LogP contribution < -0.4 is 5.69 Å². The number of H-pyrrole nitrogens is 1. The minimum absolute atomic E-state index is 0.0586. The highest BCUT2D eigenvalue weighted by molar-refractivity contribution is 5.60. The van der Waals surface area contributed by atoms with Crippen LogP contribution >= 0.6 is 0 Å². The summed E-state index contributed by atoms with van der Waals surface area (Å²) in [7, 11) is 0. The molecule has 1 aliphatic rings. The molecule has 2 atom stereocenters. The molecule has 24 heavy (non-hydrogen) atoms. The maximum atomic E-state index is 13.8. The maximum Gasteiger partial charge on any atom is 0.328 e. The molecular formula is C17H13F2N3O2. The predicted octanol–water partition coefficient (Wildman–Crippen LogP) is 2.95. The quantitative estimate of drug-likeness (QED) is 0.776. The van der Waals surface area contributed by atoms with E-state index < -0.39 is 11.6 Å². The minimum atomic E-state index is -0.925. The molecule has 3 aromatic rings. The van der Waals surface area contributed by atoms with E-state index in [0.29, 0.717) is 12.1 Å². The number of rotatable bonds is 3. The Morgan fingerprint density at radius 2 is 2.08 bits per heavy atom. The molecule has 0 radical (unpaired) electrons. The summed E-state index contributed by atoms with van der Waals surface area (Å²) in [6.45, 7) is 0. The van der Waals surface area contributed by atoms with Crippen molar-refractivity contribution in [2.75, 3.05) is 0 Å².